The highest BCUT2D eigenvalue weighted by Crippen LogP contribution is 2.29. The zero-order valence-electron chi connectivity index (χ0n) is 13.1. The second-order valence-corrected chi connectivity index (χ2v) is 6.75. The number of aromatic nitrogens is 2. The van der Waals surface area contributed by atoms with Gasteiger partial charge in [0.2, 0.25) is 0 Å². The van der Waals surface area contributed by atoms with Gasteiger partial charge in [-0.15, -0.1) is 0 Å². The first-order valence-electron chi connectivity index (χ1n) is 8.03. The molecule has 0 radical (unpaired) electrons. The van der Waals surface area contributed by atoms with Crippen LogP contribution in [0.25, 0.3) is 0 Å². The molecule has 6 nitrogen and oxygen atoms in total. The highest BCUT2D eigenvalue weighted by molar-refractivity contribution is 6.30. The summed E-state index contributed by atoms with van der Waals surface area (Å²) in [6.07, 6.45) is 3.21. The minimum atomic E-state index is -0.285. The number of nitrogens with zero attached hydrogens (tertiary/aromatic N) is 3. The third-order valence-corrected chi connectivity index (χ3v) is 4.89. The van der Waals surface area contributed by atoms with E-state index in [1.807, 2.05) is 0 Å². The molecular formula is C17H18ClN5O. The lowest BCUT2D eigenvalue weighted by Gasteiger charge is -2.18. The Morgan fingerprint density at radius 3 is 2.79 bits per heavy atom. The largest absolute Gasteiger partial charge is 0.355 e. The van der Waals surface area contributed by atoms with E-state index in [1.54, 1.807) is 30.5 Å². The Hall–Kier alpha value is -2.18. The molecule has 0 spiro atoms. The number of carbonyl (C=O) groups excluding carboxylic acids is 1. The molecule has 2 aliphatic heterocycles. The van der Waals surface area contributed by atoms with E-state index in [-0.39, 0.29) is 5.91 Å². The van der Waals surface area contributed by atoms with Crippen LogP contribution in [0.5, 0.6) is 0 Å². The predicted molar refractivity (Wildman–Crippen MR) is 93.5 cm³/mol. The molecule has 2 fully saturated rings. The van der Waals surface area contributed by atoms with Crippen molar-refractivity contribution < 1.29 is 4.79 Å². The highest BCUT2D eigenvalue weighted by Gasteiger charge is 2.36. The zero-order chi connectivity index (χ0) is 16.5. The maximum atomic E-state index is 12.4. The van der Waals surface area contributed by atoms with Crippen molar-refractivity contribution in [3.05, 3.63) is 47.4 Å². The predicted octanol–water partition coefficient (Wildman–Crippen LogP) is 2.04. The molecule has 4 rings (SSSR count). The van der Waals surface area contributed by atoms with Crippen LogP contribution in [-0.2, 0) is 0 Å². The maximum Gasteiger partial charge on any atom is 0.275 e. The molecule has 24 heavy (non-hydrogen) atoms. The second-order valence-electron chi connectivity index (χ2n) is 6.31. The van der Waals surface area contributed by atoms with Crippen molar-refractivity contribution in [3.63, 3.8) is 0 Å². The number of benzene rings is 1. The van der Waals surface area contributed by atoms with Crippen molar-refractivity contribution in [2.24, 2.45) is 11.8 Å². The standard InChI is InChI=1S/C17H18ClN5O/c18-13-2-1-3-14(4-13)21-17(24)15-7-20-8-16(22-15)23-9-11-5-19-6-12(11)10-23/h1-4,7-8,11-12,19H,5-6,9-10H2,(H,21,24)/t11-,12+. The minimum Gasteiger partial charge on any atom is -0.355 e. The van der Waals surface area contributed by atoms with Crippen LogP contribution in [0.3, 0.4) is 0 Å². The third kappa shape index (κ3) is 3.07. The van der Waals surface area contributed by atoms with Crippen LogP contribution in [0.2, 0.25) is 5.02 Å². The Balaban J connectivity index is 1.49. The number of amides is 1. The average molecular weight is 344 g/mol. The number of halogens is 1. The molecule has 0 bridgehead atoms. The molecule has 0 aliphatic carbocycles. The van der Waals surface area contributed by atoms with Gasteiger partial charge in [-0.05, 0) is 30.0 Å². The van der Waals surface area contributed by atoms with E-state index in [2.05, 4.69) is 25.5 Å². The first-order valence-corrected chi connectivity index (χ1v) is 8.41. The van der Waals surface area contributed by atoms with Crippen LogP contribution in [0.15, 0.2) is 36.7 Å². The van der Waals surface area contributed by atoms with Gasteiger partial charge in [-0.1, -0.05) is 17.7 Å². The van der Waals surface area contributed by atoms with Crippen LogP contribution in [-0.4, -0.2) is 42.1 Å². The lowest BCUT2D eigenvalue weighted by atomic mass is 10.0. The highest BCUT2D eigenvalue weighted by atomic mass is 35.5. The van der Waals surface area contributed by atoms with Crippen LogP contribution >= 0.6 is 11.6 Å². The van der Waals surface area contributed by atoms with Gasteiger partial charge in [0, 0.05) is 36.9 Å². The van der Waals surface area contributed by atoms with Crippen LogP contribution in [0.1, 0.15) is 10.5 Å². The van der Waals surface area contributed by atoms with Gasteiger partial charge in [-0.25, -0.2) is 4.98 Å². The molecule has 1 amide bonds. The zero-order valence-corrected chi connectivity index (χ0v) is 13.8. The van der Waals surface area contributed by atoms with E-state index < -0.39 is 0 Å². The van der Waals surface area contributed by atoms with Crippen LogP contribution < -0.4 is 15.5 Å². The normalized spacial score (nSPS) is 22.5. The molecule has 0 unspecified atom stereocenters. The number of hydrogen-bond donors (Lipinski definition) is 2. The molecule has 0 saturated carbocycles. The van der Waals surface area contributed by atoms with Gasteiger partial charge < -0.3 is 15.5 Å². The monoisotopic (exact) mass is 343 g/mol. The van der Waals surface area contributed by atoms with Crippen molar-refractivity contribution in [1.29, 1.82) is 0 Å². The second kappa shape index (κ2) is 6.37. The SMILES string of the molecule is O=C(Nc1cccc(Cl)c1)c1cncc(N2C[C@H]3CNC[C@H]3C2)n1. The fraction of sp³-hybridized carbons (Fsp3) is 0.353. The van der Waals surface area contributed by atoms with Gasteiger partial charge in [-0.2, -0.15) is 0 Å². The van der Waals surface area contributed by atoms with E-state index in [9.17, 15) is 4.79 Å². The number of fused-ring (bicyclic) bond motifs is 1. The Morgan fingerprint density at radius 2 is 2.04 bits per heavy atom. The molecule has 2 aromatic rings. The van der Waals surface area contributed by atoms with Gasteiger partial charge in [0.05, 0.1) is 12.4 Å². The summed E-state index contributed by atoms with van der Waals surface area (Å²) in [7, 11) is 0. The lowest BCUT2D eigenvalue weighted by molar-refractivity contribution is 0.102. The quantitative estimate of drug-likeness (QED) is 0.892. The Bertz CT molecular complexity index is 756. The molecule has 7 heteroatoms. The van der Waals surface area contributed by atoms with Crippen molar-refractivity contribution in [3.8, 4) is 0 Å². The van der Waals surface area contributed by atoms with Gasteiger partial charge >= 0.3 is 0 Å². The van der Waals surface area contributed by atoms with E-state index in [0.717, 1.165) is 32.0 Å². The molecule has 2 aliphatic rings. The van der Waals surface area contributed by atoms with Crippen LogP contribution in [0, 0.1) is 11.8 Å². The Labute approximate surface area is 145 Å². The van der Waals surface area contributed by atoms with E-state index in [4.69, 9.17) is 11.6 Å². The number of nitrogens with one attached hydrogen (secondary N) is 2. The van der Waals surface area contributed by atoms with Gasteiger partial charge in [-0.3, -0.25) is 9.78 Å². The lowest BCUT2D eigenvalue weighted by Crippen LogP contribution is -2.27. The number of rotatable bonds is 3. The van der Waals surface area contributed by atoms with Crippen LogP contribution in [0.4, 0.5) is 11.5 Å². The summed E-state index contributed by atoms with van der Waals surface area (Å²) in [6, 6.07) is 7.04. The smallest absolute Gasteiger partial charge is 0.275 e. The first kappa shape index (κ1) is 15.4. The number of anilines is 2. The molecule has 2 saturated heterocycles. The van der Waals surface area contributed by atoms with Crippen molar-refractivity contribution in [1.82, 2.24) is 15.3 Å². The van der Waals surface area contributed by atoms with E-state index >= 15 is 0 Å². The summed E-state index contributed by atoms with van der Waals surface area (Å²) >= 11 is 5.94. The minimum absolute atomic E-state index is 0.285. The summed E-state index contributed by atoms with van der Waals surface area (Å²) < 4.78 is 0. The molecule has 2 N–H and O–H groups in total. The van der Waals surface area contributed by atoms with Crippen molar-refractivity contribution in [2.75, 3.05) is 36.4 Å². The molecule has 124 valence electrons. The third-order valence-electron chi connectivity index (χ3n) is 4.65. The van der Waals surface area contributed by atoms with E-state index in [1.165, 1.54) is 6.20 Å². The first-order chi connectivity index (χ1) is 11.7. The Kier molecular flexibility index (Phi) is 4.08. The topological polar surface area (TPSA) is 70.2 Å². The summed E-state index contributed by atoms with van der Waals surface area (Å²) in [5.41, 5.74) is 0.948. The van der Waals surface area contributed by atoms with Gasteiger partial charge in [0.1, 0.15) is 11.5 Å². The summed E-state index contributed by atoms with van der Waals surface area (Å²) in [6.45, 7) is 4.05. The fourth-order valence-electron chi connectivity index (χ4n) is 3.42. The number of carbonyl (C=O) groups is 1. The summed E-state index contributed by atoms with van der Waals surface area (Å²) in [5, 5.41) is 6.80. The van der Waals surface area contributed by atoms with E-state index in [0.29, 0.717) is 28.2 Å². The molecule has 1 aromatic carbocycles. The molecule has 2 atom stereocenters. The van der Waals surface area contributed by atoms with Crippen molar-refractivity contribution in [2.45, 2.75) is 0 Å². The molecule has 3 heterocycles. The maximum absolute atomic E-state index is 12.4. The molecule has 1 aromatic heterocycles. The summed E-state index contributed by atoms with van der Waals surface area (Å²) in [5.74, 6) is 1.81. The van der Waals surface area contributed by atoms with Crippen molar-refractivity contribution >= 4 is 29.0 Å². The fourth-order valence-corrected chi connectivity index (χ4v) is 3.61. The van der Waals surface area contributed by atoms with Gasteiger partial charge in [0.25, 0.3) is 5.91 Å². The Morgan fingerprint density at radius 1 is 1.25 bits per heavy atom. The molecular weight excluding hydrogens is 326 g/mol. The average Bonchev–Trinajstić information content (AvgIpc) is 3.16. The summed E-state index contributed by atoms with van der Waals surface area (Å²) in [4.78, 5) is 23.3. The van der Waals surface area contributed by atoms with Gasteiger partial charge in [0.15, 0.2) is 0 Å². The number of hydrogen-bond acceptors (Lipinski definition) is 5.